The highest BCUT2D eigenvalue weighted by molar-refractivity contribution is 5.93. The number of benzene rings is 2. The third kappa shape index (κ3) is 6.62. The van der Waals surface area contributed by atoms with Gasteiger partial charge in [-0.1, -0.05) is 18.2 Å². The number of nitrogens with one attached hydrogen (secondary N) is 3. The predicted molar refractivity (Wildman–Crippen MR) is 101 cm³/mol. The number of nitriles is 1. The Kier molecular flexibility index (Phi) is 7.33. The number of nitrogens with zero attached hydrogens (tertiary/aromatic N) is 1. The van der Waals surface area contributed by atoms with Crippen LogP contribution in [0.5, 0.6) is 0 Å². The highest BCUT2D eigenvalue weighted by Crippen LogP contribution is 2.34. The van der Waals surface area contributed by atoms with E-state index in [4.69, 9.17) is 5.26 Å². The number of amides is 2. The molecule has 0 bridgehead atoms. The van der Waals surface area contributed by atoms with E-state index in [-0.39, 0.29) is 24.7 Å². The molecule has 2 aromatic rings. The maximum atomic E-state index is 13.0. The van der Waals surface area contributed by atoms with Crippen molar-refractivity contribution in [3.8, 4) is 6.07 Å². The molecule has 9 heteroatoms. The predicted octanol–water partition coefficient (Wildman–Crippen LogP) is 2.06. The smallest absolute Gasteiger partial charge is 0.321 e. The van der Waals surface area contributed by atoms with Gasteiger partial charge in [0, 0.05) is 5.69 Å². The van der Waals surface area contributed by atoms with Gasteiger partial charge in [-0.05, 0) is 37.3 Å². The Morgan fingerprint density at radius 1 is 1.03 bits per heavy atom. The van der Waals surface area contributed by atoms with Gasteiger partial charge in [-0.15, -0.1) is 0 Å². The number of alkyl halides is 3. The van der Waals surface area contributed by atoms with Gasteiger partial charge in [0.05, 0.1) is 29.4 Å². The van der Waals surface area contributed by atoms with Gasteiger partial charge in [0.2, 0.25) is 0 Å². The van der Waals surface area contributed by atoms with Gasteiger partial charge in [0.1, 0.15) is 0 Å². The molecule has 3 N–H and O–H groups in total. The second-order valence-corrected chi connectivity index (χ2v) is 6.29. The second kappa shape index (κ2) is 9.71. The summed E-state index contributed by atoms with van der Waals surface area (Å²) in [5.41, 5.74) is -0.405. The average Bonchev–Trinajstić information content (AvgIpc) is 2.67. The molecule has 0 saturated heterocycles. The average molecular weight is 405 g/mol. The van der Waals surface area contributed by atoms with Crippen LogP contribution in [0.15, 0.2) is 48.5 Å². The van der Waals surface area contributed by atoms with Gasteiger partial charge < -0.3 is 15.5 Å². The van der Waals surface area contributed by atoms with E-state index in [0.29, 0.717) is 22.7 Å². The monoisotopic (exact) mass is 405 g/mol. The van der Waals surface area contributed by atoms with E-state index < -0.39 is 17.6 Å². The van der Waals surface area contributed by atoms with Gasteiger partial charge in [0.15, 0.2) is 13.1 Å². The van der Waals surface area contributed by atoms with Gasteiger partial charge >= 0.3 is 6.18 Å². The Labute approximate surface area is 165 Å². The first kappa shape index (κ1) is 21.9. The van der Waals surface area contributed by atoms with E-state index in [9.17, 15) is 22.8 Å². The van der Waals surface area contributed by atoms with Crippen molar-refractivity contribution in [1.29, 1.82) is 5.26 Å². The zero-order chi connectivity index (χ0) is 21.4. The van der Waals surface area contributed by atoms with Crippen molar-refractivity contribution in [2.24, 2.45) is 0 Å². The summed E-state index contributed by atoms with van der Waals surface area (Å²) < 4.78 is 39.1. The molecule has 0 radical (unpaired) electrons. The molecule has 0 heterocycles. The molecule has 152 valence electrons. The van der Waals surface area contributed by atoms with Gasteiger partial charge in [-0.3, -0.25) is 9.59 Å². The van der Waals surface area contributed by atoms with Gasteiger partial charge in [-0.25, -0.2) is 0 Å². The van der Waals surface area contributed by atoms with Gasteiger partial charge in [-0.2, -0.15) is 18.4 Å². The van der Waals surface area contributed by atoms with Crippen LogP contribution < -0.4 is 15.5 Å². The van der Waals surface area contributed by atoms with E-state index >= 15 is 0 Å². The van der Waals surface area contributed by atoms with E-state index in [1.165, 1.54) is 24.3 Å². The molecular formula is C20H20F3N4O2+. The third-order valence-corrected chi connectivity index (χ3v) is 4.10. The van der Waals surface area contributed by atoms with Crippen molar-refractivity contribution in [3.05, 3.63) is 59.7 Å². The topological polar surface area (TPSA) is 86.4 Å². The summed E-state index contributed by atoms with van der Waals surface area (Å²) in [5, 5.41) is 13.8. The molecule has 1 atom stereocenters. The van der Waals surface area contributed by atoms with E-state index in [2.05, 4.69) is 10.6 Å². The number of para-hydroxylation sites is 1. The molecule has 0 spiro atoms. The Bertz CT molecular complexity index is 922. The van der Waals surface area contributed by atoms with Crippen molar-refractivity contribution in [2.45, 2.75) is 13.1 Å². The minimum Gasteiger partial charge on any atom is -0.321 e. The second-order valence-electron chi connectivity index (χ2n) is 6.29. The molecule has 0 aliphatic heterocycles. The number of quaternary nitrogens is 1. The normalized spacial score (nSPS) is 12.0. The largest absolute Gasteiger partial charge is 0.418 e. The molecule has 0 fully saturated rings. The molecule has 0 aliphatic carbocycles. The van der Waals surface area contributed by atoms with E-state index in [1.807, 2.05) is 6.07 Å². The maximum absolute atomic E-state index is 13.0. The van der Waals surface area contributed by atoms with Crippen LogP contribution in [0, 0.1) is 11.3 Å². The zero-order valence-corrected chi connectivity index (χ0v) is 15.6. The zero-order valence-electron chi connectivity index (χ0n) is 15.6. The summed E-state index contributed by atoms with van der Waals surface area (Å²) in [6.45, 7) is 1.95. The first-order chi connectivity index (χ1) is 13.7. The fourth-order valence-electron chi connectivity index (χ4n) is 2.67. The highest BCUT2D eigenvalue weighted by atomic mass is 19.4. The molecule has 2 amide bonds. The lowest BCUT2D eigenvalue weighted by atomic mass is 10.1. The van der Waals surface area contributed by atoms with Crippen LogP contribution in [-0.2, 0) is 15.8 Å². The minimum absolute atomic E-state index is 0.0539. The molecule has 6 nitrogen and oxygen atoms in total. The van der Waals surface area contributed by atoms with Gasteiger partial charge in [0.25, 0.3) is 11.8 Å². The number of anilines is 2. The van der Waals surface area contributed by atoms with Crippen LogP contribution in [0.3, 0.4) is 0 Å². The minimum atomic E-state index is -4.58. The van der Waals surface area contributed by atoms with Crippen molar-refractivity contribution in [2.75, 3.05) is 30.3 Å². The Morgan fingerprint density at radius 2 is 1.69 bits per heavy atom. The molecule has 2 rings (SSSR count). The number of carbonyl (C=O) groups is 2. The van der Waals surface area contributed by atoms with Crippen molar-refractivity contribution >= 4 is 23.2 Å². The molecule has 1 unspecified atom stereocenters. The van der Waals surface area contributed by atoms with Crippen molar-refractivity contribution in [3.63, 3.8) is 0 Å². The lowest BCUT2D eigenvalue weighted by Crippen LogP contribution is -3.13. The van der Waals surface area contributed by atoms with Crippen LogP contribution in [0.4, 0.5) is 24.5 Å². The van der Waals surface area contributed by atoms with Crippen LogP contribution >= 0.6 is 0 Å². The molecule has 0 saturated carbocycles. The SMILES string of the molecule is CC[NH+](CC(=O)Nc1cccc(C#N)c1)CC(=O)Nc1ccccc1C(F)(F)F. The van der Waals surface area contributed by atoms with Crippen molar-refractivity contribution < 1.29 is 27.7 Å². The fourth-order valence-corrected chi connectivity index (χ4v) is 2.67. The lowest BCUT2D eigenvalue weighted by Gasteiger charge is -2.18. The number of hydrogen-bond donors (Lipinski definition) is 3. The first-order valence-corrected chi connectivity index (χ1v) is 8.82. The molecule has 29 heavy (non-hydrogen) atoms. The van der Waals surface area contributed by atoms with Crippen molar-refractivity contribution in [1.82, 2.24) is 0 Å². The third-order valence-electron chi connectivity index (χ3n) is 4.10. The van der Waals surface area contributed by atoms with Crippen LogP contribution in [0.1, 0.15) is 18.1 Å². The maximum Gasteiger partial charge on any atom is 0.418 e. The molecule has 0 aromatic heterocycles. The summed E-state index contributed by atoms with van der Waals surface area (Å²) in [5.74, 6) is -1.00. The van der Waals surface area contributed by atoms with Crippen LogP contribution in [-0.4, -0.2) is 31.4 Å². The molecule has 0 aliphatic rings. The first-order valence-electron chi connectivity index (χ1n) is 8.82. The summed E-state index contributed by atoms with van der Waals surface area (Å²) in [7, 11) is 0. The number of rotatable bonds is 7. The standard InChI is InChI=1S/C20H19F3N4O2/c1-2-27(12-18(28)25-15-7-5-6-14(10-15)11-24)13-19(29)26-17-9-4-3-8-16(17)20(21,22)23/h3-10H,2,12-13H2,1H3,(H,25,28)(H,26,29)/p+1. The summed E-state index contributed by atoms with van der Waals surface area (Å²) in [6.07, 6.45) is -4.58. The molecular weight excluding hydrogens is 385 g/mol. The number of carbonyl (C=O) groups excluding carboxylic acids is 2. The number of hydrogen-bond acceptors (Lipinski definition) is 3. The van der Waals surface area contributed by atoms with Crippen LogP contribution in [0.25, 0.3) is 0 Å². The molecule has 2 aromatic carbocycles. The Morgan fingerprint density at radius 3 is 2.31 bits per heavy atom. The van der Waals surface area contributed by atoms with E-state index in [0.717, 1.165) is 6.07 Å². The number of halogens is 3. The summed E-state index contributed by atoms with van der Waals surface area (Å²) in [6, 6.07) is 13.1. The Balaban J connectivity index is 1.96. The summed E-state index contributed by atoms with van der Waals surface area (Å²) >= 11 is 0. The van der Waals surface area contributed by atoms with Crippen LogP contribution in [0.2, 0.25) is 0 Å². The highest BCUT2D eigenvalue weighted by Gasteiger charge is 2.33. The fraction of sp³-hybridized carbons (Fsp3) is 0.250. The quantitative estimate of drug-likeness (QED) is 0.659. The Hall–Kier alpha value is -3.38. The lowest BCUT2D eigenvalue weighted by molar-refractivity contribution is -0.881. The number of likely N-dealkylation sites (N-methyl/N-ethyl adjacent to an activating group) is 1. The van der Waals surface area contributed by atoms with E-state index in [1.54, 1.807) is 25.1 Å². The summed E-state index contributed by atoms with van der Waals surface area (Å²) in [4.78, 5) is 25.0.